The average molecular weight is 413 g/mol. The number of carbonyl (C=O) groups is 1. The molecule has 0 spiro atoms. The molecule has 0 radical (unpaired) electrons. The van der Waals surface area contributed by atoms with Crippen molar-refractivity contribution in [3.63, 3.8) is 0 Å². The van der Waals surface area contributed by atoms with Gasteiger partial charge in [0.05, 0.1) is 5.75 Å². The summed E-state index contributed by atoms with van der Waals surface area (Å²) in [7, 11) is 0. The molecule has 146 valence electrons. The SMILES string of the molecule is Cc1ccc(Nc2nnc(SCC(=O)Nc3ccccc3C(C)C)s2)cc1C. The van der Waals surface area contributed by atoms with E-state index in [1.54, 1.807) is 0 Å². The number of thioether (sulfide) groups is 1. The summed E-state index contributed by atoms with van der Waals surface area (Å²) in [6, 6.07) is 14.1. The molecule has 3 rings (SSSR count). The van der Waals surface area contributed by atoms with Gasteiger partial charge in [0, 0.05) is 11.4 Å². The molecule has 7 heteroatoms. The number of aromatic nitrogens is 2. The summed E-state index contributed by atoms with van der Waals surface area (Å²) in [5.74, 6) is 0.605. The monoisotopic (exact) mass is 412 g/mol. The molecule has 0 saturated heterocycles. The lowest BCUT2D eigenvalue weighted by molar-refractivity contribution is -0.113. The van der Waals surface area contributed by atoms with E-state index >= 15 is 0 Å². The molecule has 2 N–H and O–H groups in total. The molecular weight excluding hydrogens is 388 g/mol. The maximum atomic E-state index is 12.3. The minimum absolute atomic E-state index is 0.0445. The van der Waals surface area contributed by atoms with E-state index in [4.69, 9.17) is 0 Å². The number of carbonyl (C=O) groups excluding carboxylic acids is 1. The van der Waals surface area contributed by atoms with E-state index in [0.29, 0.717) is 11.7 Å². The first-order valence-corrected chi connectivity index (χ1v) is 10.9. The van der Waals surface area contributed by atoms with E-state index in [9.17, 15) is 4.79 Å². The zero-order chi connectivity index (χ0) is 20.1. The number of rotatable bonds is 7. The van der Waals surface area contributed by atoms with Crippen molar-refractivity contribution in [1.82, 2.24) is 10.2 Å². The van der Waals surface area contributed by atoms with Crippen LogP contribution >= 0.6 is 23.1 Å². The largest absolute Gasteiger partial charge is 0.330 e. The van der Waals surface area contributed by atoms with Crippen LogP contribution in [0.4, 0.5) is 16.5 Å². The highest BCUT2D eigenvalue weighted by molar-refractivity contribution is 8.01. The Bertz CT molecular complexity index is 969. The van der Waals surface area contributed by atoms with E-state index in [-0.39, 0.29) is 5.91 Å². The summed E-state index contributed by atoms with van der Waals surface area (Å²) < 4.78 is 0.763. The van der Waals surface area contributed by atoms with Crippen LogP contribution in [-0.4, -0.2) is 21.9 Å². The van der Waals surface area contributed by atoms with Gasteiger partial charge in [0.2, 0.25) is 11.0 Å². The summed E-state index contributed by atoms with van der Waals surface area (Å²) >= 11 is 2.84. The number of para-hydroxylation sites is 1. The van der Waals surface area contributed by atoms with Crippen LogP contribution in [0, 0.1) is 13.8 Å². The Kier molecular flexibility index (Phi) is 6.70. The highest BCUT2D eigenvalue weighted by atomic mass is 32.2. The Morgan fingerprint density at radius 3 is 2.64 bits per heavy atom. The third-order valence-electron chi connectivity index (χ3n) is 4.35. The maximum absolute atomic E-state index is 12.3. The normalized spacial score (nSPS) is 10.9. The molecule has 3 aromatic rings. The standard InChI is InChI=1S/C21H24N4OS2/c1-13(2)17-7-5-6-8-18(17)23-19(26)12-27-21-25-24-20(28-21)22-16-10-9-14(3)15(4)11-16/h5-11,13H,12H2,1-4H3,(H,22,24)(H,23,26). The van der Waals surface area contributed by atoms with Crippen molar-refractivity contribution < 1.29 is 4.79 Å². The summed E-state index contributed by atoms with van der Waals surface area (Å²) in [6.45, 7) is 8.40. The Hall–Kier alpha value is -2.38. The lowest BCUT2D eigenvalue weighted by Gasteiger charge is -2.13. The van der Waals surface area contributed by atoms with Gasteiger partial charge in [-0.25, -0.2) is 0 Å². The van der Waals surface area contributed by atoms with E-state index in [0.717, 1.165) is 26.4 Å². The van der Waals surface area contributed by atoms with Crippen LogP contribution in [-0.2, 0) is 4.79 Å². The number of hydrogen-bond acceptors (Lipinski definition) is 6. The van der Waals surface area contributed by atoms with Gasteiger partial charge < -0.3 is 10.6 Å². The lowest BCUT2D eigenvalue weighted by atomic mass is 10.0. The molecule has 0 unspecified atom stereocenters. The van der Waals surface area contributed by atoms with Crippen LogP contribution in [0.2, 0.25) is 0 Å². The molecule has 5 nitrogen and oxygen atoms in total. The van der Waals surface area contributed by atoms with E-state index in [2.05, 4.69) is 60.7 Å². The fourth-order valence-corrected chi connectivity index (χ4v) is 4.26. The van der Waals surface area contributed by atoms with Crippen LogP contribution in [0.1, 0.15) is 36.5 Å². The number of aryl methyl sites for hydroxylation is 2. The molecule has 1 aromatic heterocycles. The fraction of sp³-hybridized carbons (Fsp3) is 0.286. The Morgan fingerprint density at radius 1 is 1.11 bits per heavy atom. The second kappa shape index (κ2) is 9.21. The quantitative estimate of drug-likeness (QED) is 0.484. The highest BCUT2D eigenvalue weighted by Crippen LogP contribution is 2.29. The summed E-state index contributed by atoms with van der Waals surface area (Å²) in [6.07, 6.45) is 0. The van der Waals surface area contributed by atoms with Crippen LogP contribution in [0.15, 0.2) is 46.8 Å². The molecule has 1 heterocycles. The van der Waals surface area contributed by atoms with Crippen molar-refractivity contribution in [2.24, 2.45) is 0 Å². The van der Waals surface area contributed by atoms with Gasteiger partial charge in [-0.05, 0) is 54.7 Å². The smallest absolute Gasteiger partial charge is 0.234 e. The van der Waals surface area contributed by atoms with Gasteiger partial charge in [-0.1, -0.05) is 61.2 Å². The zero-order valence-electron chi connectivity index (χ0n) is 16.4. The molecular formula is C21H24N4OS2. The van der Waals surface area contributed by atoms with Gasteiger partial charge in [-0.15, -0.1) is 10.2 Å². The van der Waals surface area contributed by atoms with E-state index in [1.165, 1.54) is 34.2 Å². The average Bonchev–Trinajstić information content (AvgIpc) is 3.11. The minimum atomic E-state index is -0.0445. The predicted molar refractivity (Wildman–Crippen MR) is 119 cm³/mol. The topological polar surface area (TPSA) is 66.9 Å². The second-order valence-corrected chi connectivity index (χ2v) is 9.08. The molecule has 0 bridgehead atoms. The molecule has 1 amide bonds. The van der Waals surface area contributed by atoms with Gasteiger partial charge in [0.15, 0.2) is 4.34 Å². The lowest BCUT2D eigenvalue weighted by Crippen LogP contribution is -2.15. The van der Waals surface area contributed by atoms with Crippen molar-refractivity contribution in [2.75, 3.05) is 16.4 Å². The van der Waals surface area contributed by atoms with Crippen molar-refractivity contribution in [2.45, 2.75) is 38.0 Å². The van der Waals surface area contributed by atoms with Crippen molar-refractivity contribution in [1.29, 1.82) is 0 Å². The molecule has 0 fully saturated rings. The third kappa shape index (κ3) is 5.33. The number of amides is 1. The first-order chi connectivity index (χ1) is 13.4. The molecule has 2 aromatic carbocycles. The van der Waals surface area contributed by atoms with Gasteiger partial charge in [0.25, 0.3) is 0 Å². The van der Waals surface area contributed by atoms with Crippen LogP contribution in [0.3, 0.4) is 0 Å². The molecule has 0 saturated carbocycles. The predicted octanol–water partition coefficient (Wildman–Crippen LogP) is 5.75. The molecule has 0 aliphatic heterocycles. The summed E-state index contributed by atoms with van der Waals surface area (Å²) in [4.78, 5) is 12.3. The number of hydrogen-bond donors (Lipinski definition) is 2. The van der Waals surface area contributed by atoms with Gasteiger partial charge in [0.1, 0.15) is 0 Å². The van der Waals surface area contributed by atoms with Crippen LogP contribution in [0.5, 0.6) is 0 Å². The second-order valence-electron chi connectivity index (χ2n) is 6.88. The fourth-order valence-electron chi connectivity index (χ4n) is 2.69. The van der Waals surface area contributed by atoms with E-state index in [1.807, 2.05) is 30.3 Å². The highest BCUT2D eigenvalue weighted by Gasteiger charge is 2.12. The number of nitrogens with zero attached hydrogens (tertiary/aromatic N) is 2. The molecule has 0 atom stereocenters. The zero-order valence-corrected chi connectivity index (χ0v) is 18.1. The number of anilines is 3. The first-order valence-electron chi connectivity index (χ1n) is 9.11. The van der Waals surface area contributed by atoms with Crippen molar-refractivity contribution >= 4 is 45.5 Å². The Balaban J connectivity index is 1.55. The summed E-state index contributed by atoms with van der Waals surface area (Å²) in [5.41, 5.74) is 5.47. The number of benzene rings is 2. The molecule has 0 aliphatic rings. The van der Waals surface area contributed by atoms with E-state index < -0.39 is 0 Å². The Morgan fingerprint density at radius 2 is 1.89 bits per heavy atom. The number of nitrogens with one attached hydrogen (secondary N) is 2. The van der Waals surface area contributed by atoms with Crippen molar-refractivity contribution in [3.8, 4) is 0 Å². The Labute approximate surface area is 174 Å². The van der Waals surface area contributed by atoms with Crippen LogP contribution < -0.4 is 10.6 Å². The van der Waals surface area contributed by atoms with Gasteiger partial charge in [-0.3, -0.25) is 4.79 Å². The summed E-state index contributed by atoms with van der Waals surface area (Å²) in [5, 5.41) is 15.3. The minimum Gasteiger partial charge on any atom is -0.330 e. The third-order valence-corrected chi connectivity index (χ3v) is 6.32. The van der Waals surface area contributed by atoms with Gasteiger partial charge in [-0.2, -0.15) is 0 Å². The first kappa shape index (κ1) is 20.4. The maximum Gasteiger partial charge on any atom is 0.234 e. The van der Waals surface area contributed by atoms with Crippen molar-refractivity contribution in [3.05, 3.63) is 59.2 Å². The van der Waals surface area contributed by atoms with Gasteiger partial charge >= 0.3 is 0 Å². The van der Waals surface area contributed by atoms with Crippen LogP contribution in [0.25, 0.3) is 0 Å². The molecule has 28 heavy (non-hydrogen) atoms. The molecule has 0 aliphatic carbocycles.